The van der Waals surface area contributed by atoms with Gasteiger partial charge in [0.15, 0.2) is 0 Å². The van der Waals surface area contributed by atoms with Crippen molar-refractivity contribution >= 4 is 35.2 Å². The molecule has 1 aromatic heterocycles. The van der Waals surface area contributed by atoms with E-state index in [0.29, 0.717) is 17.0 Å². The van der Waals surface area contributed by atoms with Gasteiger partial charge in [-0.3, -0.25) is 4.79 Å². The number of carboxylic acid groups (broad SMARTS) is 1. The van der Waals surface area contributed by atoms with E-state index >= 15 is 0 Å². The van der Waals surface area contributed by atoms with Gasteiger partial charge in [-0.2, -0.15) is 18.2 Å². The van der Waals surface area contributed by atoms with Crippen LogP contribution in [0.2, 0.25) is 5.02 Å². The van der Waals surface area contributed by atoms with Crippen molar-refractivity contribution in [3.63, 3.8) is 0 Å². The van der Waals surface area contributed by atoms with Crippen LogP contribution >= 0.6 is 11.6 Å². The molecule has 1 aliphatic carbocycles. The number of carbonyl (C=O) groups excluding carboxylic acids is 1. The number of hydrogen-bond acceptors (Lipinski definition) is 6. The number of aliphatic carboxylic acids is 1. The molecule has 0 radical (unpaired) electrons. The summed E-state index contributed by atoms with van der Waals surface area (Å²) < 4.78 is 31.7. The molecule has 3 N–H and O–H groups in total. The molecule has 8 nitrogen and oxygen atoms in total. The van der Waals surface area contributed by atoms with Gasteiger partial charge in [0.05, 0.1) is 6.04 Å². The summed E-state index contributed by atoms with van der Waals surface area (Å²) in [6.07, 6.45) is 0.359. The molecule has 36 heavy (non-hydrogen) atoms. The topological polar surface area (TPSA) is 107 Å². The monoisotopic (exact) mass is 529 g/mol. The molecule has 1 fully saturated rings. The number of nitrogens with zero attached hydrogens (tertiary/aromatic N) is 3. The molecule has 12 heteroatoms. The third-order valence-electron chi connectivity index (χ3n) is 5.77. The zero-order valence-electron chi connectivity index (χ0n) is 20.6. The number of carbonyl (C=O) groups is 2. The van der Waals surface area contributed by atoms with E-state index in [1.165, 1.54) is 0 Å². The average molecular weight is 530 g/mol. The first kappa shape index (κ1) is 29.2. The Hall–Kier alpha value is -3.08. The second-order valence-electron chi connectivity index (χ2n) is 8.87. The number of rotatable bonds is 6. The lowest BCUT2D eigenvalue weighted by molar-refractivity contribution is -0.192. The minimum Gasteiger partial charge on any atom is -0.475 e. The van der Waals surface area contributed by atoms with E-state index in [0.717, 1.165) is 42.6 Å². The van der Waals surface area contributed by atoms with Crippen LogP contribution in [0.5, 0.6) is 0 Å². The Labute approximate surface area is 213 Å². The predicted molar refractivity (Wildman–Crippen MR) is 132 cm³/mol. The Morgan fingerprint density at radius 2 is 1.69 bits per heavy atom. The number of benzene rings is 1. The van der Waals surface area contributed by atoms with Crippen LogP contribution in [-0.2, 0) is 9.59 Å². The van der Waals surface area contributed by atoms with E-state index in [1.807, 2.05) is 63.3 Å². The number of aryl methyl sites for hydroxylation is 1. The van der Waals surface area contributed by atoms with Gasteiger partial charge in [-0.05, 0) is 57.2 Å². The molecule has 0 aliphatic heterocycles. The minimum absolute atomic E-state index is 0.0268. The van der Waals surface area contributed by atoms with Gasteiger partial charge in [0.1, 0.15) is 5.82 Å². The molecule has 0 saturated heterocycles. The number of carboxylic acids is 1. The fourth-order valence-corrected chi connectivity index (χ4v) is 3.93. The number of nitrogens with one attached hydrogen (secondary N) is 2. The van der Waals surface area contributed by atoms with Gasteiger partial charge in [0.25, 0.3) is 0 Å². The van der Waals surface area contributed by atoms with E-state index in [1.54, 1.807) is 0 Å². The molecule has 3 rings (SSSR count). The molecular weight excluding hydrogens is 499 g/mol. The van der Waals surface area contributed by atoms with Crippen molar-refractivity contribution in [2.24, 2.45) is 5.92 Å². The van der Waals surface area contributed by atoms with Crippen LogP contribution in [0.3, 0.4) is 0 Å². The Balaban J connectivity index is 0.000000572. The summed E-state index contributed by atoms with van der Waals surface area (Å²) in [6.45, 7) is 4.01. The Morgan fingerprint density at radius 3 is 2.19 bits per heavy atom. The summed E-state index contributed by atoms with van der Waals surface area (Å²) in [5.41, 5.74) is 2.11. The highest BCUT2D eigenvalue weighted by molar-refractivity contribution is 6.30. The van der Waals surface area contributed by atoms with Crippen molar-refractivity contribution in [3.05, 3.63) is 46.6 Å². The first-order valence-corrected chi connectivity index (χ1v) is 11.8. The standard InChI is InChI=1S/C22H30ClN5O.C2HF3O2/c1-14-13-24-22(27-20(14)28(3)4)26-19-11-7-17(8-12-19)21(29)25-15(2)16-5-9-18(23)10-6-16;3-2(4,5)1(6)7/h5-6,9-10,13,15,17,19H,7-8,11-12H2,1-4H3,(H,25,29)(H,24,26,27);(H,6,7)/t15-,17-,19+;/m0./s1. The van der Waals surface area contributed by atoms with Crippen molar-refractivity contribution in [1.82, 2.24) is 15.3 Å². The van der Waals surface area contributed by atoms with Crippen molar-refractivity contribution in [1.29, 1.82) is 0 Å². The molecule has 1 saturated carbocycles. The van der Waals surface area contributed by atoms with Crippen molar-refractivity contribution in [2.75, 3.05) is 24.3 Å². The van der Waals surface area contributed by atoms with Crippen LogP contribution in [0, 0.1) is 12.8 Å². The number of alkyl halides is 3. The summed E-state index contributed by atoms with van der Waals surface area (Å²) in [5, 5.41) is 14.4. The molecular formula is C24H31ClF3N5O3. The average Bonchev–Trinajstić information content (AvgIpc) is 2.80. The number of aromatic nitrogens is 2. The smallest absolute Gasteiger partial charge is 0.475 e. The fraction of sp³-hybridized carbons (Fsp3) is 0.500. The lowest BCUT2D eigenvalue weighted by Gasteiger charge is -2.29. The first-order chi connectivity index (χ1) is 16.8. The first-order valence-electron chi connectivity index (χ1n) is 11.4. The Bertz CT molecular complexity index is 1030. The summed E-state index contributed by atoms with van der Waals surface area (Å²) >= 11 is 5.94. The van der Waals surface area contributed by atoms with Crippen LogP contribution in [0.25, 0.3) is 0 Å². The second-order valence-corrected chi connectivity index (χ2v) is 9.31. The van der Waals surface area contributed by atoms with Crippen molar-refractivity contribution in [3.8, 4) is 0 Å². The van der Waals surface area contributed by atoms with Gasteiger partial charge < -0.3 is 20.6 Å². The van der Waals surface area contributed by atoms with Crippen LogP contribution < -0.4 is 15.5 Å². The zero-order chi connectivity index (χ0) is 27.0. The maximum atomic E-state index is 12.7. The van der Waals surface area contributed by atoms with E-state index in [9.17, 15) is 18.0 Å². The molecule has 1 aliphatic rings. The number of anilines is 2. The summed E-state index contributed by atoms with van der Waals surface area (Å²) in [6, 6.07) is 7.89. The highest BCUT2D eigenvalue weighted by Gasteiger charge is 2.38. The lowest BCUT2D eigenvalue weighted by atomic mass is 9.85. The molecule has 0 unspecified atom stereocenters. The fourth-order valence-electron chi connectivity index (χ4n) is 3.80. The molecule has 1 amide bonds. The summed E-state index contributed by atoms with van der Waals surface area (Å²) in [7, 11) is 3.96. The largest absolute Gasteiger partial charge is 0.490 e. The van der Waals surface area contributed by atoms with Crippen LogP contribution in [0.15, 0.2) is 30.5 Å². The summed E-state index contributed by atoms with van der Waals surface area (Å²) in [5.74, 6) is -0.991. The van der Waals surface area contributed by atoms with Gasteiger partial charge in [-0.1, -0.05) is 23.7 Å². The second kappa shape index (κ2) is 12.8. The van der Waals surface area contributed by atoms with E-state index < -0.39 is 12.1 Å². The maximum Gasteiger partial charge on any atom is 0.490 e. The quantitative estimate of drug-likeness (QED) is 0.484. The summed E-state index contributed by atoms with van der Waals surface area (Å²) in [4.78, 5) is 32.6. The molecule has 198 valence electrons. The van der Waals surface area contributed by atoms with Crippen molar-refractivity contribution < 1.29 is 27.9 Å². The molecule has 1 atom stereocenters. The lowest BCUT2D eigenvalue weighted by Crippen LogP contribution is -2.37. The van der Waals surface area contributed by atoms with Gasteiger partial charge >= 0.3 is 12.1 Å². The molecule has 0 bridgehead atoms. The van der Waals surface area contributed by atoms with Gasteiger partial charge in [-0.15, -0.1) is 0 Å². The third kappa shape index (κ3) is 8.85. The molecule has 2 aromatic rings. The SMILES string of the molecule is Cc1cnc(N[C@H]2CC[C@@H](C(=O)N[C@@H](C)c3ccc(Cl)cc3)CC2)nc1N(C)C.O=C(O)C(F)(F)F. The van der Waals surface area contributed by atoms with Gasteiger partial charge in [-0.25, -0.2) is 9.78 Å². The van der Waals surface area contributed by atoms with E-state index in [2.05, 4.69) is 20.6 Å². The third-order valence-corrected chi connectivity index (χ3v) is 6.02. The maximum absolute atomic E-state index is 12.7. The predicted octanol–water partition coefficient (Wildman–Crippen LogP) is 4.99. The minimum atomic E-state index is -5.08. The van der Waals surface area contributed by atoms with E-state index in [-0.39, 0.29) is 17.9 Å². The Kier molecular flexibility index (Phi) is 10.3. The molecule has 0 spiro atoms. The zero-order valence-corrected chi connectivity index (χ0v) is 21.3. The van der Waals surface area contributed by atoms with Crippen LogP contribution in [0.1, 0.15) is 49.8 Å². The van der Waals surface area contributed by atoms with Crippen molar-refractivity contribution in [2.45, 2.75) is 57.8 Å². The number of hydrogen-bond donors (Lipinski definition) is 3. The molecule has 1 heterocycles. The normalized spacial score (nSPS) is 18.3. The Morgan fingerprint density at radius 1 is 1.14 bits per heavy atom. The highest BCUT2D eigenvalue weighted by Crippen LogP contribution is 2.28. The van der Waals surface area contributed by atoms with Crippen LogP contribution in [0.4, 0.5) is 24.9 Å². The van der Waals surface area contributed by atoms with Gasteiger partial charge in [0, 0.05) is 42.8 Å². The highest BCUT2D eigenvalue weighted by atomic mass is 35.5. The van der Waals surface area contributed by atoms with E-state index in [4.69, 9.17) is 21.5 Å². The molecule has 1 aromatic carbocycles. The van der Waals surface area contributed by atoms with Gasteiger partial charge in [0.2, 0.25) is 11.9 Å². The number of halogens is 4. The van der Waals surface area contributed by atoms with Crippen LogP contribution in [-0.4, -0.2) is 53.3 Å². The number of amides is 1.